The van der Waals surface area contributed by atoms with Crippen molar-refractivity contribution in [1.29, 1.82) is 0 Å². The molecule has 3 N–H and O–H groups in total. The summed E-state index contributed by atoms with van der Waals surface area (Å²) < 4.78 is 23.8. The van der Waals surface area contributed by atoms with E-state index >= 15 is 0 Å². The summed E-state index contributed by atoms with van der Waals surface area (Å²) in [6.45, 7) is -0.860. The van der Waals surface area contributed by atoms with Gasteiger partial charge in [0.05, 0.1) is 6.54 Å². The molecule has 1 aromatic carbocycles. The molecule has 0 bridgehead atoms. The third-order valence-electron chi connectivity index (χ3n) is 2.16. The number of carboxylic acid groups (broad SMARTS) is 1. The van der Waals surface area contributed by atoms with Gasteiger partial charge in [-0.3, -0.25) is 0 Å². The van der Waals surface area contributed by atoms with E-state index in [4.69, 9.17) is 16.7 Å². The van der Waals surface area contributed by atoms with Crippen LogP contribution in [0.4, 0.5) is 13.6 Å². The standard InChI is InChI=1S/C11H11ClF2N2O3/c12-7-4-2-1-3-6(7)9(10(17)18)16-11(19)15-5-8(13)14/h1-4,8-9H,5H2,(H,17,18)(H2,15,16,19)/t9-/m1/s1. The fourth-order valence-electron chi connectivity index (χ4n) is 1.33. The van der Waals surface area contributed by atoms with Crippen LogP contribution in [0.2, 0.25) is 5.02 Å². The van der Waals surface area contributed by atoms with Gasteiger partial charge in [0.25, 0.3) is 6.43 Å². The Labute approximate surface area is 112 Å². The average Bonchev–Trinajstić information content (AvgIpc) is 2.34. The zero-order valence-corrected chi connectivity index (χ0v) is 10.3. The monoisotopic (exact) mass is 292 g/mol. The van der Waals surface area contributed by atoms with Crippen molar-refractivity contribution in [2.24, 2.45) is 0 Å². The second-order valence-electron chi connectivity index (χ2n) is 3.54. The second-order valence-corrected chi connectivity index (χ2v) is 3.95. The highest BCUT2D eigenvalue weighted by Crippen LogP contribution is 2.22. The number of carbonyl (C=O) groups excluding carboxylic acids is 1. The molecule has 1 aromatic rings. The summed E-state index contributed by atoms with van der Waals surface area (Å²) in [5.74, 6) is -1.35. The number of alkyl halides is 2. The molecule has 0 radical (unpaired) electrons. The van der Waals surface area contributed by atoms with Gasteiger partial charge in [-0.05, 0) is 6.07 Å². The van der Waals surface area contributed by atoms with Gasteiger partial charge in [-0.2, -0.15) is 0 Å². The van der Waals surface area contributed by atoms with E-state index in [-0.39, 0.29) is 10.6 Å². The molecule has 8 heteroatoms. The highest BCUT2D eigenvalue weighted by Gasteiger charge is 2.24. The van der Waals surface area contributed by atoms with Crippen LogP contribution >= 0.6 is 11.6 Å². The molecule has 104 valence electrons. The zero-order valence-electron chi connectivity index (χ0n) is 9.57. The lowest BCUT2D eigenvalue weighted by Crippen LogP contribution is -2.42. The van der Waals surface area contributed by atoms with Crippen molar-refractivity contribution >= 4 is 23.6 Å². The lowest BCUT2D eigenvalue weighted by atomic mass is 10.1. The Bertz CT molecular complexity index is 471. The molecule has 0 aliphatic carbocycles. The first-order valence-corrected chi connectivity index (χ1v) is 5.59. The van der Waals surface area contributed by atoms with E-state index in [1.807, 2.05) is 5.32 Å². The Kier molecular flexibility index (Phi) is 5.50. The molecular formula is C11H11ClF2N2O3. The van der Waals surface area contributed by atoms with E-state index in [1.54, 1.807) is 12.1 Å². The first kappa shape index (κ1) is 15.2. The summed E-state index contributed by atoms with van der Waals surface area (Å²) in [6.07, 6.45) is -2.71. The molecule has 0 fully saturated rings. The second kappa shape index (κ2) is 6.89. The first-order valence-electron chi connectivity index (χ1n) is 5.21. The van der Waals surface area contributed by atoms with Crippen LogP contribution in [0.3, 0.4) is 0 Å². The van der Waals surface area contributed by atoms with E-state index in [0.29, 0.717) is 0 Å². The minimum atomic E-state index is -2.71. The summed E-state index contributed by atoms with van der Waals surface area (Å²) in [6, 6.07) is 3.62. The van der Waals surface area contributed by atoms with E-state index in [9.17, 15) is 18.4 Å². The molecule has 0 aromatic heterocycles. The molecule has 0 unspecified atom stereocenters. The van der Waals surface area contributed by atoms with Crippen molar-refractivity contribution in [2.45, 2.75) is 12.5 Å². The Morgan fingerprint density at radius 1 is 1.32 bits per heavy atom. The highest BCUT2D eigenvalue weighted by molar-refractivity contribution is 6.31. The Balaban J connectivity index is 2.77. The molecule has 19 heavy (non-hydrogen) atoms. The largest absolute Gasteiger partial charge is 0.479 e. The molecule has 0 heterocycles. The van der Waals surface area contributed by atoms with Gasteiger partial charge in [-0.1, -0.05) is 29.8 Å². The molecule has 0 aliphatic heterocycles. The minimum Gasteiger partial charge on any atom is -0.479 e. The maximum Gasteiger partial charge on any atom is 0.331 e. The Morgan fingerprint density at radius 2 is 1.95 bits per heavy atom. The summed E-state index contributed by atoms with van der Waals surface area (Å²) >= 11 is 5.82. The molecular weight excluding hydrogens is 282 g/mol. The van der Waals surface area contributed by atoms with E-state index in [1.165, 1.54) is 12.1 Å². The smallest absolute Gasteiger partial charge is 0.331 e. The predicted octanol–water partition coefficient (Wildman–Crippen LogP) is 2.03. The summed E-state index contributed by atoms with van der Waals surface area (Å²) in [7, 11) is 0. The van der Waals surface area contributed by atoms with E-state index in [0.717, 1.165) is 0 Å². The van der Waals surface area contributed by atoms with Crippen LogP contribution in [0.15, 0.2) is 24.3 Å². The van der Waals surface area contributed by atoms with Crippen molar-refractivity contribution in [3.8, 4) is 0 Å². The van der Waals surface area contributed by atoms with Gasteiger partial charge in [0.15, 0.2) is 6.04 Å². The quantitative estimate of drug-likeness (QED) is 0.777. The van der Waals surface area contributed by atoms with Gasteiger partial charge in [-0.25, -0.2) is 18.4 Å². The number of urea groups is 1. The fourth-order valence-corrected chi connectivity index (χ4v) is 1.58. The third-order valence-corrected chi connectivity index (χ3v) is 2.50. The molecule has 0 saturated heterocycles. The molecule has 1 rings (SSSR count). The van der Waals surface area contributed by atoms with Crippen molar-refractivity contribution in [1.82, 2.24) is 10.6 Å². The highest BCUT2D eigenvalue weighted by atomic mass is 35.5. The topological polar surface area (TPSA) is 78.4 Å². The van der Waals surface area contributed by atoms with Crippen molar-refractivity contribution in [3.63, 3.8) is 0 Å². The number of hydrogen-bond donors (Lipinski definition) is 3. The first-order chi connectivity index (χ1) is 8.91. The third kappa shape index (κ3) is 4.70. The van der Waals surface area contributed by atoms with Crippen LogP contribution < -0.4 is 10.6 Å². The number of aliphatic carboxylic acids is 1. The van der Waals surface area contributed by atoms with Crippen molar-refractivity contribution in [2.75, 3.05) is 6.54 Å². The molecule has 0 aliphatic rings. The number of carbonyl (C=O) groups is 2. The molecule has 5 nitrogen and oxygen atoms in total. The number of rotatable bonds is 5. The van der Waals surface area contributed by atoms with Crippen LogP contribution in [0, 0.1) is 0 Å². The lowest BCUT2D eigenvalue weighted by molar-refractivity contribution is -0.139. The van der Waals surface area contributed by atoms with Crippen LogP contribution in [-0.2, 0) is 4.79 Å². The minimum absolute atomic E-state index is 0.157. The lowest BCUT2D eigenvalue weighted by Gasteiger charge is -2.16. The molecule has 1 atom stereocenters. The molecule has 2 amide bonds. The summed E-state index contributed by atoms with van der Waals surface area (Å²) in [4.78, 5) is 22.4. The number of benzene rings is 1. The zero-order chi connectivity index (χ0) is 14.4. The number of nitrogens with one attached hydrogen (secondary N) is 2. The molecule has 0 saturated carbocycles. The van der Waals surface area contributed by atoms with Crippen LogP contribution in [0.1, 0.15) is 11.6 Å². The Morgan fingerprint density at radius 3 is 2.47 bits per heavy atom. The fraction of sp³-hybridized carbons (Fsp3) is 0.273. The number of carboxylic acids is 1. The van der Waals surface area contributed by atoms with Crippen LogP contribution in [0.5, 0.6) is 0 Å². The van der Waals surface area contributed by atoms with Crippen molar-refractivity contribution in [3.05, 3.63) is 34.9 Å². The van der Waals surface area contributed by atoms with Gasteiger partial charge in [-0.15, -0.1) is 0 Å². The number of halogens is 3. The maximum atomic E-state index is 11.9. The molecule has 0 spiro atoms. The SMILES string of the molecule is O=C(NCC(F)F)N[C@@H](C(=O)O)c1ccccc1Cl. The van der Waals surface area contributed by atoms with Crippen LogP contribution in [0.25, 0.3) is 0 Å². The van der Waals surface area contributed by atoms with Gasteiger partial charge >= 0.3 is 12.0 Å². The van der Waals surface area contributed by atoms with E-state index < -0.39 is 31.0 Å². The van der Waals surface area contributed by atoms with E-state index in [2.05, 4.69) is 5.32 Å². The van der Waals surface area contributed by atoms with Gasteiger partial charge < -0.3 is 15.7 Å². The van der Waals surface area contributed by atoms with Crippen LogP contribution in [-0.4, -0.2) is 30.1 Å². The number of amides is 2. The maximum absolute atomic E-state index is 11.9. The van der Waals surface area contributed by atoms with Gasteiger partial charge in [0.1, 0.15) is 0 Å². The Hall–Kier alpha value is -1.89. The van der Waals surface area contributed by atoms with Gasteiger partial charge in [0, 0.05) is 10.6 Å². The summed E-state index contributed by atoms with van der Waals surface area (Å²) in [5.41, 5.74) is 0.170. The van der Waals surface area contributed by atoms with Crippen molar-refractivity contribution < 1.29 is 23.5 Å². The number of hydrogen-bond acceptors (Lipinski definition) is 2. The average molecular weight is 293 g/mol. The predicted molar refractivity (Wildman–Crippen MR) is 64.4 cm³/mol. The summed E-state index contributed by atoms with van der Waals surface area (Å²) in [5, 5.41) is 13.1. The normalized spacial score (nSPS) is 12.0. The van der Waals surface area contributed by atoms with Gasteiger partial charge in [0.2, 0.25) is 0 Å².